The largest absolute Gasteiger partial charge is 0.352 e. The summed E-state index contributed by atoms with van der Waals surface area (Å²) < 4.78 is 2.29. The number of nitrogens with one attached hydrogen (secondary N) is 1. The summed E-state index contributed by atoms with van der Waals surface area (Å²) in [6.45, 7) is 8.04. The van der Waals surface area contributed by atoms with Crippen molar-refractivity contribution in [2.24, 2.45) is 0 Å². The van der Waals surface area contributed by atoms with Crippen LogP contribution in [0.25, 0.3) is 11.0 Å². The molecule has 1 N–H and O–H groups in total. The van der Waals surface area contributed by atoms with E-state index in [1.807, 2.05) is 6.07 Å². The first-order valence-electron chi connectivity index (χ1n) is 11.4. The van der Waals surface area contributed by atoms with Crippen LogP contribution in [0.5, 0.6) is 0 Å². The van der Waals surface area contributed by atoms with Crippen LogP contribution in [0.1, 0.15) is 54.5 Å². The van der Waals surface area contributed by atoms with Gasteiger partial charge in [0, 0.05) is 30.1 Å². The summed E-state index contributed by atoms with van der Waals surface area (Å²) in [5, 5.41) is 3.55. The average molecular weight is 460 g/mol. The smallest absolute Gasteiger partial charge is 0.251 e. The molecule has 0 atom stereocenters. The molecule has 170 valence electrons. The van der Waals surface area contributed by atoms with Gasteiger partial charge in [-0.05, 0) is 53.3 Å². The van der Waals surface area contributed by atoms with Crippen molar-refractivity contribution in [3.8, 4) is 0 Å². The number of halogens is 1. The minimum Gasteiger partial charge on any atom is -0.352 e. The van der Waals surface area contributed by atoms with Gasteiger partial charge in [0.05, 0.1) is 11.0 Å². The molecular formula is C28H30ClN3O. The first kappa shape index (κ1) is 23.1. The molecule has 0 saturated carbocycles. The van der Waals surface area contributed by atoms with Crippen LogP contribution < -0.4 is 5.32 Å². The second kappa shape index (κ2) is 9.80. The van der Waals surface area contributed by atoms with Crippen molar-refractivity contribution in [3.05, 3.63) is 100 Å². The normalized spacial score (nSPS) is 11.6. The average Bonchev–Trinajstić information content (AvgIpc) is 3.13. The number of fused-ring (bicyclic) bond motifs is 1. The Balaban J connectivity index is 1.45. The number of hydrogen-bond donors (Lipinski definition) is 1. The lowest BCUT2D eigenvalue weighted by molar-refractivity contribution is 0.0953. The Bertz CT molecular complexity index is 1250. The van der Waals surface area contributed by atoms with Crippen molar-refractivity contribution in [1.29, 1.82) is 0 Å². The number of aromatic nitrogens is 2. The van der Waals surface area contributed by atoms with E-state index in [1.165, 1.54) is 11.1 Å². The van der Waals surface area contributed by atoms with Gasteiger partial charge >= 0.3 is 0 Å². The molecule has 1 heterocycles. The molecule has 0 aliphatic heterocycles. The van der Waals surface area contributed by atoms with Crippen molar-refractivity contribution >= 4 is 28.5 Å². The number of nitrogens with zero attached hydrogens (tertiary/aromatic N) is 2. The zero-order valence-corrected chi connectivity index (χ0v) is 20.2. The van der Waals surface area contributed by atoms with E-state index in [1.54, 1.807) is 24.3 Å². The molecule has 0 saturated heterocycles. The predicted octanol–water partition coefficient (Wildman–Crippen LogP) is 6.40. The van der Waals surface area contributed by atoms with E-state index in [0.29, 0.717) is 17.1 Å². The zero-order chi connectivity index (χ0) is 23.4. The fraction of sp³-hybridized carbons (Fsp3) is 0.286. The Kier molecular flexibility index (Phi) is 6.85. The van der Waals surface area contributed by atoms with Gasteiger partial charge in [-0.15, -0.1) is 0 Å². The van der Waals surface area contributed by atoms with Gasteiger partial charge < -0.3 is 9.88 Å². The van der Waals surface area contributed by atoms with Crippen LogP contribution in [0.15, 0.2) is 72.8 Å². The van der Waals surface area contributed by atoms with Crippen molar-refractivity contribution in [2.45, 2.75) is 45.6 Å². The number of carbonyl (C=O) groups excluding carboxylic acids is 1. The van der Waals surface area contributed by atoms with Gasteiger partial charge in [0.25, 0.3) is 5.91 Å². The molecule has 1 aromatic heterocycles. The van der Waals surface area contributed by atoms with E-state index >= 15 is 0 Å². The zero-order valence-electron chi connectivity index (χ0n) is 19.4. The van der Waals surface area contributed by atoms with Crippen molar-refractivity contribution in [3.63, 3.8) is 0 Å². The molecular weight excluding hydrogens is 430 g/mol. The Morgan fingerprint density at radius 3 is 2.48 bits per heavy atom. The second-order valence-corrected chi connectivity index (χ2v) is 9.86. The molecule has 0 aliphatic rings. The number of rotatable bonds is 7. The summed E-state index contributed by atoms with van der Waals surface area (Å²) in [6, 6.07) is 24.1. The summed E-state index contributed by atoms with van der Waals surface area (Å²) >= 11 is 5.99. The summed E-state index contributed by atoms with van der Waals surface area (Å²) in [5.41, 5.74) is 5.44. The summed E-state index contributed by atoms with van der Waals surface area (Å²) in [5.74, 6) is 0.929. The number of amides is 1. The van der Waals surface area contributed by atoms with Gasteiger partial charge in [-0.25, -0.2) is 4.98 Å². The molecule has 4 nitrogen and oxygen atoms in total. The fourth-order valence-corrected chi connectivity index (χ4v) is 4.16. The van der Waals surface area contributed by atoms with E-state index < -0.39 is 0 Å². The first-order chi connectivity index (χ1) is 15.8. The van der Waals surface area contributed by atoms with Crippen molar-refractivity contribution < 1.29 is 4.79 Å². The standard InChI is InChI=1S/C28H30ClN3O/c1-28(2,3)22-15-13-20(14-16-22)19-32-25-11-5-4-10-24(25)31-26(32)12-7-17-30-27(33)21-8-6-9-23(29)18-21/h4-6,8-11,13-16,18H,7,12,17,19H2,1-3H3,(H,30,33). The van der Waals surface area contributed by atoms with E-state index in [0.717, 1.165) is 36.2 Å². The molecule has 1 amide bonds. The molecule has 0 fully saturated rings. The third-order valence-electron chi connectivity index (χ3n) is 5.84. The Labute approximate surface area is 200 Å². The molecule has 0 unspecified atom stereocenters. The second-order valence-electron chi connectivity index (χ2n) is 9.42. The van der Waals surface area contributed by atoms with Gasteiger partial charge in [-0.2, -0.15) is 0 Å². The summed E-state index contributed by atoms with van der Waals surface area (Å²) in [7, 11) is 0. The SMILES string of the molecule is CC(C)(C)c1ccc(Cn2c(CCCNC(=O)c3cccc(Cl)c3)nc3ccccc32)cc1. The number of para-hydroxylation sites is 2. The molecule has 0 radical (unpaired) electrons. The number of imidazole rings is 1. The number of aryl methyl sites for hydroxylation is 1. The van der Waals surface area contributed by atoms with Crippen LogP contribution >= 0.6 is 11.6 Å². The van der Waals surface area contributed by atoms with Gasteiger partial charge in [0.2, 0.25) is 0 Å². The molecule has 3 aromatic carbocycles. The highest BCUT2D eigenvalue weighted by Crippen LogP contribution is 2.24. The van der Waals surface area contributed by atoms with Crippen LogP contribution in [0.3, 0.4) is 0 Å². The minimum absolute atomic E-state index is 0.107. The highest BCUT2D eigenvalue weighted by atomic mass is 35.5. The van der Waals surface area contributed by atoms with Crippen LogP contribution in [0.4, 0.5) is 0 Å². The van der Waals surface area contributed by atoms with E-state index in [9.17, 15) is 4.79 Å². The number of hydrogen-bond acceptors (Lipinski definition) is 2. The van der Waals surface area contributed by atoms with Gasteiger partial charge in [0.15, 0.2) is 0 Å². The molecule has 4 rings (SSSR count). The third-order valence-corrected chi connectivity index (χ3v) is 6.08. The predicted molar refractivity (Wildman–Crippen MR) is 136 cm³/mol. The molecule has 4 aromatic rings. The van der Waals surface area contributed by atoms with E-state index in [4.69, 9.17) is 16.6 Å². The summed E-state index contributed by atoms with van der Waals surface area (Å²) in [6.07, 6.45) is 1.59. The lowest BCUT2D eigenvalue weighted by Gasteiger charge is -2.19. The Morgan fingerprint density at radius 1 is 1.00 bits per heavy atom. The minimum atomic E-state index is -0.107. The number of benzene rings is 3. The third kappa shape index (κ3) is 5.63. The highest BCUT2D eigenvalue weighted by Gasteiger charge is 2.14. The van der Waals surface area contributed by atoms with Gasteiger partial charge in [0.1, 0.15) is 5.82 Å². The van der Waals surface area contributed by atoms with Crippen LogP contribution in [-0.4, -0.2) is 22.0 Å². The lowest BCUT2D eigenvalue weighted by atomic mass is 9.87. The van der Waals surface area contributed by atoms with Gasteiger partial charge in [-0.3, -0.25) is 4.79 Å². The Morgan fingerprint density at radius 2 is 1.76 bits per heavy atom. The topological polar surface area (TPSA) is 46.9 Å². The van der Waals surface area contributed by atoms with Crippen molar-refractivity contribution in [2.75, 3.05) is 6.54 Å². The molecule has 33 heavy (non-hydrogen) atoms. The van der Waals surface area contributed by atoms with E-state index in [-0.39, 0.29) is 11.3 Å². The fourth-order valence-electron chi connectivity index (χ4n) is 3.97. The molecule has 0 aliphatic carbocycles. The lowest BCUT2D eigenvalue weighted by Crippen LogP contribution is -2.25. The van der Waals surface area contributed by atoms with E-state index in [2.05, 4.69) is 73.1 Å². The van der Waals surface area contributed by atoms with Crippen LogP contribution in [0, 0.1) is 0 Å². The molecule has 0 spiro atoms. The highest BCUT2D eigenvalue weighted by molar-refractivity contribution is 6.30. The monoisotopic (exact) mass is 459 g/mol. The van der Waals surface area contributed by atoms with Gasteiger partial charge in [-0.1, -0.05) is 74.8 Å². The van der Waals surface area contributed by atoms with Crippen LogP contribution in [0.2, 0.25) is 5.02 Å². The maximum atomic E-state index is 12.4. The quantitative estimate of drug-likeness (QED) is 0.325. The number of carbonyl (C=O) groups is 1. The van der Waals surface area contributed by atoms with Crippen LogP contribution in [-0.2, 0) is 18.4 Å². The maximum absolute atomic E-state index is 12.4. The molecule has 0 bridgehead atoms. The maximum Gasteiger partial charge on any atom is 0.251 e. The first-order valence-corrected chi connectivity index (χ1v) is 11.8. The summed E-state index contributed by atoms with van der Waals surface area (Å²) in [4.78, 5) is 17.2. The van der Waals surface area contributed by atoms with Crippen molar-refractivity contribution in [1.82, 2.24) is 14.9 Å². The molecule has 5 heteroatoms. The Hall–Kier alpha value is -3.11.